The molecule has 1 saturated heterocycles. The van der Waals surface area contributed by atoms with E-state index in [9.17, 15) is 4.79 Å². The predicted octanol–water partition coefficient (Wildman–Crippen LogP) is 2.77. The van der Waals surface area contributed by atoms with E-state index in [2.05, 4.69) is 29.5 Å². The smallest absolute Gasteiger partial charge is 0.225 e. The Kier molecular flexibility index (Phi) is 12.3. The van der Waals surface area contributed by atoms with Crippen molar-refractivity contribution in [3.8, 4) is 0 Å². The maximum atomic E-state index is 12.5. The van der Waals surface area contributed by atoms with Gasteiger partial charge < -0.3 is 20.3 Å². The highest BCUT2D eigenvalue weighted by Gasteiger charge is 2.32. The van der Waals surface area contributed by atoms with E-state index in [0.717, 1.165) is 64.3 Å². The minimum Gasteiger partial charge on any atom is -0.380 e. The van der Waals surface area contributed by atoms with Crippen molar-refractivity contribution in [2.75, 3.05) is 39.4 Å². The molecule has 0 aromatic heterocycles. The molecular formula is C19H37IN4O2. The van der Waals surface area contributed by atoms with Crippen molar-refractivity contribution in [1.29, 1.82) is 0 Å². The third-order valence-electron chi connectivity index (χ3n) is 5.04. The fourth-order valence-corrected chi connectivity index (χ4v) is 3.59. The van der Waals surface area contributed by atoms with Gasteiger partial charge in [0.1, 0.15) is 0 Å². The number of carbonyl (C=O) groups excluding carboxylic acids is 1. The molecule has 2 aliphatic rings. The number of aliphatic imine (C=N–C) groups is 1. The van der Waals surface area contributed by atoms with Crippen molar-refractivity contribution in [1.82, 2.24) is 15.5 Å². The Balaban J connectivity index is 0.00000338. The Bertz CT molecular complexity index is 428. The molecule has 0 radical (unpaired) electrons. The molecule has 2 rings (SSSR count). The number of hydrogen-bond acceptors (Lipinski definition) is 3. The summed E-state index contributed by atoms with van der Waals surface area (Å²) in [4.78, 5) is 19.2. The van der Waals surface area contributed by atoms with Crippen LogP contribution in [-0.2, 0) is 9.53 Å². The summed E-state index contributed by atoms with van der Waals surface area (Å²) in [7, 11) is 0. The number of amides is 1. The zero-order valence-electron chi connectivity index (χ0n) is 16.5. The summed E-state index contributed by atoms with van der Waals surface area (Å²) in [6, 6.07) is 0.296. The van der Waals surface area contributed by atoms with Gasteiger partial charge in [-0.15, -0.1) is 24.0 Å². The van der Waals surface area contributed by atoms with Crippen molar-refractivity contribution in [3.63, 3.8) is 0 Å². The highest BCUT2D eigenvalue weighted by molar-refractivity contribution is 14.0. The Morgan fingerprint density at radius 2 is 1.96 bits per heavy atom. The molecule has 1 saturated carbocycles. The lowest BCUT2D eigenvalue weighted by atomic mass is 10.1. The van der Waals surface area contributed by atoms with E-state index in [1.165, 1.54) is 12.8 Å². The second-order valence-electron chi connectivity index (χ2n) is 7.12. The quantitative estimate of drug-likeness (QED) is 0.231. The molecule has 0 spiro atoms. The maximum absolute atomic E-state index is 12.5. The molecule has 26 heavy (non-hydrogen) atoms. The van der Waals surface area contributed by atoms with Crippen molar-refractivity contribution in [2.45, 2.75) is 64.8 Å². The van der Waals surface area contributed by atoms with E-state index in [1.54, 1.807) is 0 Å². The predicted molar refractivity (Wildman–Crippen MR) is 117 cm³/mol. The van der Waals surface area contributed by atoms with Crippen LogP contribution in [0.1, 0.15) is 58.8 Å². The fourth-order valence-electron chi connectivity index (χ4n) is 3.59. The summed E-state index contributed by atoms with van der Waals surface area (Å²) >= 11 is 0. The summed E-state index contributed by atoms with van der Waals surface area (Å²) in [5.74, 6) is 1.48. The number of nitrogens with one attached hydrogen (secondary N) is 2. The maximum Gasteiger partial charge on any atom is 0.225 e. The highest BCUT2D eigenvalue weighted by Crippen LogP contribution is 2.27. The molecule has 6 nitrogen and oxygen atoms in total. The summed E-state index contributed by atoms with van der Waals surface area (Å²) < 4.78 is 5.56. The van der Waals surface area contributed by atoms with E-state index in [1.807, 2.05) is 4.90 Å². The fraction of sp³-hybridized carbons (Fsp3) is 0.895. The van der Waals surface area contributed by atoms with Gasteiger partial charge in [0.15, 0.2) is 5.96 Å². The first-order valence-corrected chi connectivity index (χ1v) is 10.2. The molecule has 2 fully saturated rings. The number of ether oxygens (including phenoxy) is 1. The topological polar surface area (TPSA) is 66.0 Å². The molecule has 1 heterocycles. The molecular weight excluding hydrogens is 443 g/mol. The van der Waals surface area contributed by atoms with Gasteiger partial charge in [-0.05, 0) is 32.6 Å². The van der Waals surface area contributed by atoms with Gasteiger partial charge in [0, 0.05) is 38.2 Å². The first kappa shape index (κ1) is 23.5. The van der Waals surface area contributed by atoms with Crippen LogP contribution in [-0.4, -0.2) is 62.2 Å². The van der Waals surface area contributed by atoms with Crippen LogP contribution in [0, 0.1) is 5.92 Å². The zero-order valence-corrected chi connectivity index (χ0v) is 18.8. The number of likely N-dealkylation sites (tertiary alicyclic amines) is 1. The number of nitrogens with zero attached hydrogens (tertiary/aromatic N) is 2. The van der Waals surface area contributed by atoms with Gasteiger partial charge >= 0.3 is 0 Å². The SMILES string of the molecule is CCCCOCCN=C(NCC)NC1CCN(C(=O)C2CCCC2)C1.I. The molecule has 0 aromatic carbocycles. The second-order valence-corrected chi connectivity index (χ2v) is 7.12. The Hall–Kier alpha value is -0.570. The Morgan fingerprint density at radius 1 is 1.19 bits per heavy atom. The average molecular weight is 480 g/mol. The van der Waals surface area contributed by atoms with Gasteiger partial charge in [-0.25, -0.2) is 0 Å². The standard InChI is InChI=1S/C19H36N4O2.HI/c1-3-5-13-25-14-11-21-19(20-4-2)22-17-10-12-23(15-17)18(24)16-8-6-7-9-16;/h16-17H,3-15H2,1-2H3,(H2,20,21,22);1H. The molecule has 152 valence electrons. The first-order chi connectivity index (χ1) is 12.2. The number of halogens is 1. The van der Waals surface area contributed by atoms with E-state index < -0.39 is 0 Å². The van der Waals surface area contributed by atoms with Gasteiger partial charge in [0.2, 0.25) is 5.91 Å². The zero-order chi connectivity index (χ0) is 17.9. The average Bonchev–Trinajstić information content (AvgIpc) is 3.29. The Morgan fingerprint density at radius 3 is 2.65 bits per heavy atom. The van der Waals surface area contributed by atoms with Crippen molar-refractivity contribution < 1.29 is 9.53 Å². The normalized spacial score (nSPS) is 20.9. The van der Waals surface area contributed by atoms with Crippen LogP contribution in [0.25, 0.3) is 0 Å². The minimum absolute atomic E-state index is 0. The van der Waals surface area contributed by atoms with Gasteiger partial charge in [0.05, 0.1) is 13.2 Å². The van der Waals surface area contributed by atoms with E-state index >= 15 is 0 Å². The van der Waals surface area contributed by atoms with E-state index in [4.69, 9.17) is 4.74 Å². The molecule has 0 aromatic rings. The van der Waals surface area contributed by atoms with E-state index in [0.29, 0.717) is 25.1 Å². The van der Waals surface area contributed by atoms with Crippen LogP contribution in [0.5, 0.6) is 0 Å². The summed E-state index contributed by atoms with van der Waals surface area (Å²) in [5.41, 5.74) is 0. The van der Waals surface area contributed by atoms with Gasteiger partial charge in [-0.3, -0.25) is 9.79 Å². The van der Waals surface area contributed by atoms with Crippen molar-refractivity contribution in [2.24, 2.45) is 10.9 Å². The van der Waals surface area contributed by atoms with E-state index in [-0.39, 0.29) is 29.9 Å². The van der Waals surface area contributed by atoms with Crippen LogP contribution < -0.4 is 10.6 Å². The number of carbonyl (C=O) groups is 1. The van der Waals surface area contributed by atoms with Gasteiger partial charge in [-0.1, -0.05) is 26.2 Å². The van der Waals surface area contributed by atoms with Gasteiger partial charge in [-0.2, -0.15) is 0 Å². The monoisotopic (exact) mass is 480 g/mol. The number of unbranched alkanes of at least 4 members (excludes halogenated alkanes) is 1. The molecule has 1 amide bonds. The van der Waals surface area contributed by atoms with Crippen LogP contribution in [0.2, 0.25) is 0 Å². The summed E-state index contributed by atoms with van der Waals surface area (Å²) in [5, 5.41) is 6.77. The van der Waals surface area contributed by atoms with Crippen molar-refractivity contribution in [3.05, 3.63) is 0 Å². The van der Waals surface area contributed by atoms with Crippen molar-refractivity contribution >= 4 is 35.8 Å². The molecule has 7 heteroatoms. The molecule has 2 N–H and O–H groups in total. The largest absolute Gasteiger partial charge is 0.380 e. The third kappa shape index (κ3) is 7.98. The first-order valence-electron chi connectivity index (χ1n) is 10.2. The minimum atomic E-state index is 0. The molecule has 1 unspecified atom stereocenters. The number of hydrogen-bond donors (Lipinski definition) is 2. The van der Waals surface area contributed by atoms with Crippen LogP contribution in [0.3, 0.4) is 0 Å². The lowest BCUT2D eigenvalue weighted by Crippen LogP contribution is -2.45. The second kappa shape index (κ2) is 13.6. The summed E-state index contributed by atoms with van der Waals surface area (Å²) in [6.07, 6.45) is 7.84. The Labute approximate surface area is 175 Å². The highest BCUT2D eigenvalue weighted by atomic mass is 127. The third-order valence-corrected chi connectivity index (χ3v) is 5.04. The lowest BCUT2D eigenvalue weighted by molar-refractivity contribution is -0.134. The molecule has 0 bridgehead atoms. The molecule has 1 aliphatic carbocycles. The molecule has 1 aliphatic heterocycles. The van der Waals surface area contributed by atoms with Crippen LogP contribution in [0.4, 0.5) is 0 Å². The van der Waals surface area contributed by atoms with Crippen LogP contribution in [0.15, 0.2) is 4.99 Å². The van der Waals surface area contributed by atoms with Crippen LogP contribution >= 0.6 is 24.0 Å². The molecule has 1 atom stereocenters. The number of guanidine groups is 1. The lowest BCUT2D eigenvalue weighted by Gasteiger charge is -2.21. The number of rotatable bonds is 9. The summed E-state index contributed by atoms with van der Waals surface area (Å²) in [6.45, 7) is 8.87. The van der Waals surface area contributed by atoms with Gasteiger partial charge in [0.25, 0.3) is 0 Å².